The molecule has 0 aliphatic carbocycles. The van der Waals surface area contributed by atoms with E-state index >= 15 is 0 Å². The molecule has 142 valence electrons. The molecule has 0 unspecified atom stereocenters. The second kappa shape index (κ2) is 8.85. The highest BCUT2D eigenvalue weighted by Gasteiger charge is 2.13. The number of pyridine rings is 1. The van der Waals surface area contributed by atoms with Crippen LogP contribution in [0.15, 0.2) is 67.0 Å². The summed E-state index contributed by atoms with van der Waals surface area (Å²) >= 11 is 0. The normalized spacial score (nSPS) is 10.4. The van der Waals surface area contributed by atoms with Gasteiger partial charge in [0.2, 0.25) is 0 Å². The van der Waals surface area contributed by atoms with Crippen LogP contribution < -0.4 is 10.6 Å². The first-order valence-corrected chi connectivity index (χ1v) is 8.57. The second-order valence-electron chi connectivity index (χ2n) is 5.99. The number of halogens is 2. The number of hydrogen-bond donors (Lipinski definition) is 2. The minimum Gasteiger partial charge on any atom is -0.352 e. The van der Waals surface area contributed by atoms with E-state index in [2.05, 4.69) is 15.6 Å². The van der Waals surface area contributed by atoms with Crippen LogP contribution in [0, 0.1) is 11.6 Å². The monoisotopic (exact) mass is 381 g/mol. The maximum absolute atomic E-state index is 13.7. The maximum Gasteiger partial charge on any atom is 0.257 e. The molecule has 0 aliphatic heterocycles. The Labute approximate surface area is 160 Å². The molecule has 2 N–H and O–H groups in total. The van der Waals surface area contributed by atoms with E-state index in [0.29, 0.717) is 12.0 Å². The van der Waals surface area contributed by atoms with Gasteiger partial charge in [-0.1, -0.05) is 30.3 Å². The van der Waals surface area contributed by atoms with Gasteiger partial charge in [0.05, 0.1) is 16.8 Å². The minimum atomic E-state index is -0.585. The van der Waals surface area contributed by atoms with Crippen LogP contribution in [-0.4, -0.2) is 23.3 Å². The Balaban J connectivity index is 1.62. The van der Waals surface area contributed by atoms with E-state index in [0.717, 1.165) is 0 Å². The summed E-state index contributed by atoms with van der Waals surface area (Å²) < 4.78 is 27.3. The smallest absolute Gasteiger partial charge is 0.257 e. The molecule has 7 heteroatoms. The molecule has 0 radical (unpaired) electrons. The molecular formula is C21H17F2N3O2. The Morgan fingerprint density at radius 1 is 0.857 bits per heavy atom. The average Bonchev–Trinajstić information content (AvgIpc) is 2.71. The van der Waals surface area contributed by atoms with Crippen molar-refractivity contribution in [3.63, 3.8) is 0 Å². The molecule has 2 amide bonds. The molecule has 3 aromatic rings. The van der Waals surface area contributed by atoms with Crippen LogP contribution in [-0.2, 0) is 6.42 Å². The molecule has 5 nitrogen and oxygen atoms in total. The van der Waals surface area contributed by atoms with Crippen molar-refractivity contribution in [2.75, 3.05) is 11.9 Å². The van der Waals surface area contributed by atoms with E-state index in [-0.39, 0.29) is 29.2 Å². The van der Waals surface area contributed by atoms with Gasteiger partial charge in [-0.3, -0.25) is 14.6 Å². The quantitative estimate of drug-likeness (QED) is 0.686. The van der Waals surface area contributed by atoms with E-state index in [1.165, 1.54) is 42.7 Å². The first-order chi connectivity index (χ1) is 13.5. The third kappa shape index (κ3) is 4.76. The van der Waals surface area contributed by atoms with Crippen LogP contribution in [0.5, 0.6) is 0 Å². The zero-order chi connectivity index (χ0) is 19.9. The van der Waals surface area contributed by atoms with Crippen LogP contribution in [0.1, 0.15) is 26.3 Å². The third-order valence-electron chi connectivity index (χ3n) is 4.02. The first-order valence-electron chi connectivity index (χ1n) is 8.57. The zero-order valence-electron chi connectivity index (χ0n) is 14.8. The Morgan fingerprint density at radius 2 is 1.50 bits per heavy atom. The van der Waals surface area contributed by atoms with E-state index in [4.69, 9.17) is 0 Å². The van der Waals surface area contributed by atoms with Crippen molar-refractivity contribution in [2.45, 2.75) is 6.42 Å². The summed E-state index contributed by atoms with van der Waals surface area (Å²) in [6, 6.07) is 13.5. The second-order valence-corrected chi connectivity index (χ2v) is 5.99. The zero-order valence-corrected chi connectivity index (χ0v) is 14.8. The van der Waals surface area contributed by atoms with Crippen molar-refractivity contribution < 1.29 is 18.4 Å². The fraction of sp³-hybridized carbons (Fsp3) is 0.0952. The van der Waals surface area contributed by atoms with Gasteiger partial charge in [0.25, 0.3) is 11.8 Å². The number of nitrogens with one attached hydrogen (secondary N) is 2. The number of aromatic nitrogens is 1. The summed E-state index contributed by atoms with van der Waals surface area (Å²) in [6.45, 7) is 0.228. The molecule has 3 rings (SSSR count). The number of carbonyl (C=O) groups is 2. The highest BCUT2D eigenvalue weighted by atomic mass is 19.1. The van der Waals surface area contributed by atoms with Crippen molar-refractivity contribution in [3.05, 3.63) is 95.3 Å². The van der Waals surface area contributed by atoms with Gasteiger partial charge in [0, 0.05) is 18.9 Å². The van der Waals surface area contributed by atoms with E-state index in [1.54, 1.807) is 24.3 Å². The number of benzene rings is 2. The molecule has 1 heterocycles. The van der Waals surface area contributed by atoms with Gasteiger partial charge < -0.3 is 10.6 Å². The van der Waals surface area contributed by atoms with E-state index in [9.17, 15) is 18.4 Å². The highest BCUT2D eigenvalue weighted by Crippen LogP contribution is 2.14. The molecule has 1 aromatic heterocycles. The summed E-state index contributed by atoms with van der Waals surface area (Å²) in [5.74, 6) is -1.92. The van der Waals surface area contributed by atoms with Gasteiger partial charge in [-0.15, -0.1) is 0 Å². The lowest BCUT2D eigenvalue weighted by molar-refractivity contribution is 0.0953. The van der Waals surface area contributed by atoms with Crippen LogP contribution in [0.4, 0.5) is 14.5 Å². The maximum atomic E-state index is 13.7. The number of rotatable bonds is 6. The lowest BCUT2D eigenvalue weighted by Crippen LogP contribution is -2.26. The van der Waals surface area contributed by atoms with Crippen molar-refractivity contribution in [2.24, 2.45) is 0 Å². The number of hydrogen-bond acceptors (Lipinski definition) is 3. The van der Waals surface area contributed by atoms with Crippen molar-refractivity contribution in [1.29, 1.82) is 0 Å². The standard InChI is InChI=1S/C21H17F2N3O2/c22-17-6-2-1-5-14(17)9-10-25-20(27)15-11-16(13-24-12-15)21(28)26-19-8-4-3-7-18(19)23/h1-8,11-13H,9-10H2,(H,25,27)(H,26,28). The van der Waals surface area contributed by atoms with Crippen molar-refractivity contribution >= 4 is 17.5 Å². The summed E-state index contributed by atoms with van der Waals surface area (Å²) in [5.41, 5.74) is 0.825. The molecular weight excluding hydrogens is 364 g/mol. The molecule has 28 heavy (non-hydrogen) atoms. The number of amides is 2. The summed E-state index contributed by atoms with van der Waals surface area (Å²) in [5, 5.41) is 5.10. The summed E-state index contributed by atoms with van der Waals surface area (Å²) in [6.07, 6.45) is 2.93. The first kappa shape index (κ1) is 19.2. The van der Waals surface area contributed by atoms with Gasteiger partial charge >= 0.3 is 0 Å². The number of nitrogens with zero attached hydrogens (tertiary/aromatic N) is 1. The number of anilines is 1. The Bertz CT molecular complexity index is 1010. The van der Waals surface area contributed by atoms with Gasteiger partial charge in [-0.25, -0.2) is 8.78 Å². The molecule has 0 aliphatic rings. The number of para-hydroxylation sites is 1. The van der Waals surface area contributed by atoms with Crippen LogP contribution >= 0.6 is 0 Å². The molecule has 0 saturated heterocycles. The molecule has 2 aromatic carbocycles. The average molecular weight is 381 g/mol. The third-order valence-corrected chi connectivity index (χ3v) is 4.02. The predicted octanol–water partition coefficient (Wildman–Crippen LogP) is 3.58. The van der Waals surface area contributed by atoms with E-state index in [1.807, 2.05) is 0 Å². The fourth-order valence-corrected chi connectivity index (χ4v) is 2.56. The molecule has 0 atom stereocenters. The van der Waals surface area contributed by atoms with Gasteiger partial charge in [-0.2, -0.15) is 0 Å². The minimum absolute atomic E-state index is 0.0345. The van der Waals surface area contributed by atoms with Crippen LogP contribution in [0.25, 0.3) is 0 Å². The number of carbonyl (C=O) groups excluding carboxylic acids is 2. The molecule has 0 saturated carbocycles. The summed E-state index contributed by atoms with van der Waals surface area (Å²) in [7, 11) is 0. The van der Waals surface area contributed by atoms with E-state index < -0.39 is 17.6 Å². The fourth-order valence-electron chi connectivity index (χ4n) is 2.56. The van der Waals surface area contributed by atoms with Crippen LogP contribution in [0.3, 0.4) is 0 Å². The predicted molar refractivity (Wildman–Crippen MR) is 101 cm³/mol. The Morgan fingerprint density at radius 3 is 2.21 bits per heavy atom. The Kier molecular flexibility index (Phi) is 6.06. The highest BCUT2D eigenvalue weighted by molar-refractivity contribution is 6.05. The Hall–Kier alpha value is -3.61. The van der Waals surface area contributed by atoms with Gasteiger partial charge in [0.15, 0.2) is 0 Å². The largest absolute Gasteiger partial charge is 0.352 e. The topological polar surface area (TPSA) is 71.1 Å². The van der Waals surface area contributed by atoms with Gasteiger partial charge in [0.1, 0.15) is 11.6 Å². The van der Waals surface area contributed by atoms with Crippen molar-refractivity contribution in [1.82, 2.24) is 10.3 Å². The lowest BCUT2D eigenvalue weighted by Gasteiger charge is -2.08. The van der Waals surface area contributed by atoms with Crippen molar-refractivity contribution in [3.8, 4) is 0 Å². The molecule has 0 bridgehead atoms. The SMILES string of the molecule is O=C(NCCc1ccccc1F)c1cncc(C(=O)Nc2ccccc2F)c1. The van der Waals surface area contributed by atoms with Gasteiger partial charge in [-0.05, 0) is 36.2 Å². The molecule has 0 spiro atoms. The summed E-state index contributed by atoms with van der Waals surface area (Å²) in [4.78, 5) is 28.5. The molecule has 0 fully saturated rings. The lowest BCUT2D eigenvalue weighted by atomic mass is 10.1. The van der Waals surface area contributed by atoms with Crippen LogP contribution in [0.2, 0.25) is 0 Å².